The Morgan fingerprint density at radius 2 is 1.93 bits per heavy atom. The van der Waals surface area contributed by atoms with Gasteiger partial charge in [-0.05, 0) is 79.9 Å². The third-order valence-electron chi connectivity index (χ3n) is 6.70. The topological polar surface area (TPSA) is 32.8 Å². The molecule has 0 radical (unpaired) electrons. The normalized spacial score (nSPS) is 25.3. The highest BCUT2D eigenvalue weighted by atomic mass is 32.1. The molecular formula is C22H34N2O2S. The third-order valence-corrected chi connectivity index (χ3v) is 7.44. The number of carbonyl (C=O) groups excluding carboxylic acids is 1. The van der Waals surface area contributed by atoms with E-state index >= 15 is 0 Å². The zero-order chi connectivity index (χ0) is 18.5. The van der Waals surface area contributed by atoms with Crippen LogP contribution in [0.1, 0.15) is 56.9 Å². The van der Waals surface area contributed by atoms with E-state index in [0.29, 0.717) is 12.3 Å². The van der Waals surface area contributed by atoms with E-state index in [1.165, 1.54) is 51.6 Å². The van der Waals surface area contributed by atoms with Gasteiger partial charge in [0.1, 0.15) is 0 Å². The predicted octanol–water partition coefficient (Wildman–Crippen LogP) is 3.95. The van der Waals surface area contributed by atoms with Gasteiger partial charge in [-0.1, -0.05) is 12.8 Å². The molecule has 1 unspecified atom stereocenters. The summed E-state index contributed by atoms with van der Waals surface area (Å²) in [6.45, 7) is 5.01. The van der Waals surface area contributed by atoms with Crippen molar-refractivity contribution in [2.45, 2.75) is 69.9 Å². The lowest BCUT2D eigenvalue weighted by molar-refractivity contribution is -0.133. The molecule has 2 aliphatic heterocycles. The second-order valence-corrected chi connectivity index (χ2v) is 9.44. The Kier molecular flexibility index (Phi) is 6.85. The van der Waals surface area contributed by atoms with Crippen LogP contribution in [0.3, 0.4) is 0 Å². The van der Waals surface area contributed by atoms with E-state index in [4.69, 9.17) is 4.74 Å². The number of nitrogens with zero attached hydrogens (tertiary/aromatic N) is 2. The number of ether oxygens (including phenoxy) is 1. The van der Waals surface area contributed by atoms with E-state index in [-0.39, 0.29) is 12.0 Å². The number of rotatable bonds is 7. The highest BCUT2D eigenvalue weighted by molar-refractivity contribution is 7.08. The standard InChI is InChI=1S/C22H34N2O2S/c25-22(14-19-9-13-27-17-19)24(16-21-6-3-12-26-21)15-18-7-10-23(11-8-18)20-4-1-2-5-20/h9,13,17-18,20-21H,1-8,10-12,14-16H2. The highest BCUT2D eigenvalue weighted by Crippen LogP contribution is 2.28. The quantitative estimate of drug-likeness (QED) is 0.707. The SMILES string of the molecule is O=C(Cc1ccsc1)N(CC1CCN(C2CCCC2)CC1)CC1CCCO1. The first-order valence-corrected chi connectivity index (χ1v) is 11.9. The van der Waals surface area contributed by atoms with Crippen LogP contribution in [0.5, 0.6) is 0 Å². The van der Waals surface area contributed by atoms with E-state index in [1.807, 2.05) is 0 Å². The fourth-order valence-corrected chi connectivity index (χ4v) is 5.74. The van der Waals surface area contributed by atoms with Gasteiger partial charge in [0.15, 0.2) is 0 Å². The molecule has 1 atom stereocenters. The number of amides is 1. The third kappa shape index (κ3) is 5.33. The molecule has 5 heteroatoms. The van der Waals surface area contributed by atoms with Crippen LogP contribution in [0.4, 0.5) is 0 Å². The maximum absolute atomic E-state index is 13.0. The van der Waals surface area contributed by atoms with E-state index in [1.54, 1.807) is 11.3 Å². The van der Waals surface area contributed by atoms with Crippen molar-refractivity contribution in [1.82, 2.24) is 9.80 Å². The molecule has 3 aliphatic rings. The Morgan fingerprint density at radius 1 is 1.11 bits per heavy atom. The summed E-state index contributed by atoms with van der Waals surface area (Å²) >= 11 is 1.67. The van der Waals surface area contributed by atoms with Crippen LogP contribution >= 0.6 is 11.3 Å². The van der Waals surface area contributed by atoms with Crippen molar-refractivity contribution in [2.75, 3.05) is 32.8 Å². The number of likely N-dealkylation sites (tertiary alicyclic amines) is 1. The minimum atomic E-state index is 0.245. The second-order valence-electron chi connectivity index (χ2n) is 8.66. The van der Waals surface area contributed by atoms with Gasteiger partial charge in [-0.15, -0.1) is 0 Å². The first-order valence-electron chi connectivity index (χ1n) is 10.9. The molecule has 0 spiro atoms. The van der Waals surface area contributed by atoms with Gasteiger partial charge >= 0.3 is 0 Å². The Hall–Kier alpha value is -0.910. The first-order chi connectivity index (χ1) is 13.3. The second kappa shape index (κ2) is 9.53. The average molecular weight is 391 g/mol. The minimum Gasteiger partial charge on any atom is -0.376 e. The van der Waals surface area contributed by atoms with Crippen LogP contribution in [0.15, 0.2) is 16.8 Å². The fraction of sp³-hybridized carbons (Fsp3) is 0.773. The molecule has 1 aliphatic carbocycles. The summed E-state index contributed by atoms with van der Waals surface area (Å²) in [5.74, 6) is 0.928. The van der Waals surface area contributed by atoms with Crippen LogP contribution in [0, 0.1) is 5.92 Å². The van der Waals surface area contributed by atoms with Gasteiger partial charge in [0.25, 0.3) is 0 Å². The van der Waals surface area contributed by atoms with Crippen molar-refractivity contribution in [3.8, 4) is 0 Å². The van der Waals surface area contributed by atoms with Crippen LogP contribution in [-0.2, 0) is 16.0 Å². The number of piperidine rings is 1. The fourth-order valence-electron chi connectivity index (χ4n) is 5.07. The predicted molar refractivity (Wildman–Crippen MR) is 110 cm³/mol. The number of thiophene rings is 1. The van der Waals surface area contributed by atoms with Crippen molar-refractivity contribution >= 4 is 17.2 Å². The lowest BCUT2D eigenvalue weighted by Crippen LogP contribution is -2.45. The van der Waals surface area contributed by atoms with Gasteiger partial charge in [0.2, 0.25) is 5.91 Å². The monoisotopic (exact) mass is 390 g/mol. The van der Waals surface area contributed by atoms with Crippen LogP contribution in [0.25, 0.3) is 0 Å². The molecular weight excluding hydrogens is 356 g/mol. The summed E-state index contributed by atoms with van der Waals surface area (Å²) in [6, 6.07) is 2.92. The summed E-state index contributed by atoms with van der Waals surface area (Å²) < 4.78 is 5.84. The van der Waals surface area contributed by atoms with E-state index in [2.05, 4.69) is 26.6 Å². The summed E-state index contributed by atoms with van der Waals surface area (Å²) in [4.78, 5) is 17.9. The van der Waals surface area contributed by atoms with Crippen molar-refractivity contribution in [3.63, 3.8) is 0 Å². The zero-order valence-electron chi connectivity index (χ0n) is 16.5. The summed E-state index contributed by atoms with van der Waals surface area (Å²) in [5, 5.41) is 4.16. The lowest BCUT2D eigenvalue weighted by Gasteiger charge is -2.38. The molecule has 4 rings (SSSR count). The Morgan fingerprint density at radius 3 is 2.59 bits per heavy atom. The van der Waals surface area contributed by atoms with E-state index in [0.717, 1.165) is 44.1 Å². The Labute approximate surface area is 167 Å². The Balaban J connectivity index is 1.31. The minimum absolute atomic E-state index is 0.245. The van der Waals surface area contributed by atoms with Crippen molar-refractivity contribution in [3.05, 3.63) is 22.4 Å². The van der Waals surface area contributed by atoms with Gasteiger partial charge in [-0.25, -0.2) is 0 Å². The number of hydrogen-bond donors (Lipinski definition) is 0. The molecule has 0 bridgehead atoms. The summed E-state index contributed by atoms with van der Waals surface area (Å²) in [7, 11) is 0. The van der Waals surface area contributed by atoms with Gasteiger partial charge in [0, 0.05) is 25.7 Å². The molecule has 0 N–H and O–H groups in total. The van der Waals surface area contributed by atoms with Crippen LogP contribution < -0.4 is 0 Å². The van der Waals surface area contributed by atoms with Crippen molar-refractivity contribution < 1.29 is 9.53 Å². The van der Waals surface area contributed by atoms with E-state index < -0.39 is 0 Å². The smallest absolute Gasteiger partial charge is 0.227 e. The van der Waals surface area contributed by atoms with Gasteiger partial charge in [-0.3, -0.25) is 4.79 Å². The molecule has 1 saturated carbocycles. The molecule has 3 fully saturated rings. The average Bonchev–Trinajstić information content (AvgIpc) is 3.45. The van der Waals surface area contributed by atoms with Crippen LogP contribution in [-0.4, -0.2) is 60.6 Å². The van der Waals surface area contributed by atoms with Gasteiger partial charge in [-0.2, -0.15) is 11.3 Å². The molecule has 1 aromatic rings. The highest BCUT2D eigenvalue weighted by Gasteiger charge is 2.30. The number of carbonyl (C=O) groups is 1. The Bertz CT molecular complexity index is 571. The molecule has 0 aromatic carbocycles. The van der Waals surface area contributed by atoms with Gasteiger partial charge < -0.3 is 14.5 Å². The maximum atomic E-state index is 13.0. The molecule has 150 valence electrons. The summed E-state index contributed by atoms with van der Waals surface area (Å²) in [5.41, 5.74) is 1.15. The molecule has 1 aromatic heterocycles. The molecule has 3 heterocycles. The zero-order valence-corrected chi connectivity index (χ0v) is 17.3. The van der Waals surface area contributed by atoms with Gasteiger partial charge in [0.05, 0.1) is 12.5 Å². The van der Waals surface area contributed by atoms with E-state index in [9.17, 15) is 4.79 Å². The largest absolute Gasteiger partial charge is 0.376 e. The number of hydrogen-bond acceptors (Lipinski definition) is 4. The van der Waals surface area contributed by atoms with Crippen molar-refractivity contribution in [1.29, 1.82) is 0 Å². The summed E-state index contributed by atoms with van der Waals surface area (Å²) in [6.07, 6.45) is 11.1. The molecule has 2 saturated heterocycles. The lowest BCUT2D eigenvalue weighted by atomic mass is 9.94. The van der Waals surface area contributed by atoms with Crippen LogP contribution in [0.2, 0.25) is 0 Å². The molecule has 27 heavy (non-hydrogen) atoms. The molecule has 4 nitrogen and oxygen atoms in total. The molecule has 1 amide bonds. The maximum Gasteiger partial charge on any atom is 0.227 e. The first kappa shape index (κ1) is 19.4. The van der Waals surface area contributed by atoms with Crippen molar-refractivity contribution in [2.24, 2.45) is 5.92 Å².